The number of ether oxygens (including phenoxy) is 1. The van der Waals surface area contributed by atoms with E-state index in [1.165, 1.54) is 0 Å². The van der Waals surface area contributed by atoms with Gasteiger partial charge >= 0.3 is 0 Å². The van der Waals surface area contributed by atoms with E-state index in [4.69, 9.17) is 10.5 Å². The van der Waals surface area contributed by atoms with Gasteiger partial charge in [-0.2, -0.15) is 0 Å². The lowest BCUT2D eigenvalue weighted by Crippen LogP contribution is -2.21. The Morgan fingerprint density at radius 1 is 1.56 bits per heavy atom. The Kier molecular flexibility index (Phi) is 5.28. The third-order valence-electron chi connectivity index (χ3n) is 2.01. The van der Waals surface area contributed by atoms with Crippen molar-refractivity contribution in [2.75, 3.05) is 19.7 Å². The molecule has 0 aliphatic heterocycles. The minimum atomic E-state index is -0.495. The van der Waals surface area contributed by atoms with Crippen LogP contribution < -0.4 is 15.8 Å². The Bertz CT molecular complexity index is 369. The molecule has 5 heteroatoms. The second kappa shape index (κ2) is 6.50. The van der Waals surface area contributed by atoms with Crippen LogP contribution in [0.25, 0.3) is 0 Å². The van der Waals surface area contributed by atoms with Crippen LogP contribution in [-0.4, -0.2) is 25.6 Å². The van der Waals surface area contributed by atoms with Crippen molar-refractivity contribution in [3.8, 4) is 5.75 Å². The number of hydrogen-bond donors (Lipinski definition) is 2. The second-order valence-corrected chi connectivity index (χ2v) is 4.03. The number of carbonyl (C=O) groups excluding carboxylic acids is 1. The van der Waals surface area contributed by atoms with Crippen LogP contribution in [0.5, 0.6) is 5.75 Å². The number of amides is 1. The van der Waals surface area contributed by atoms with Gasteiger partial charge in [0.1, 0.15) is 12.4 Å². The number of primary amides is 1. The fraction of sp³-hybridized carbons (Fsp3) is 0.364. The highest BCUT2D eigenvalue weighted by molar-refractivity contribution is 9.10. The van der Waals surface area contributed by atoms with Crippen LogP contribution in [0.4, 0.5) is 0 Å². The summed E-state index contributed by atoms with van der Waals surface area (Å²) in [6, 6.07) is 5.30. The van der Waals surface area contributed by atoms with Crippen molar-refractivity contribution >= 4 is 21.8 Å². The van der Waals surface area contributed by atoms with Crippen LogP contribution in [0, 0.1) is 0 Å². The maximum Gasteiger partial charge on any atom is 0.253 e. The molecule has 0 aliphatic carbocycles. The molecule has 16 heavy (non-hydrogen) atoms. The van der Waals surface area contributed by atoms with Crippen LogP contribution >= 0.6 is 15.9 Å². The zero-order valence-corrected chi connectivity index (χ0v) is 10.7. The van der Waals surface area contributed by atoms with E-state index in [-0.39, 0.29) is 0 Å². The molecule has 0 radical (unpaired) electrons. The number of halogens is 1. The topological polar surface area (TPSA) is 64.3 Å². The molecule has 0 aromatic heterocycles. The summed E-state index contributed by atoms with van der Waals surface area (Å²) in [6.45, 7) is 4.16. The highest BCUT2D eigenvalue weighted by atomic mass is 79.9. The molecule has 0 saturated heterocycles. The number of hydrogen-bond acceptors (Lipinski definition) is 3. The van der Waals surface area contributed by atoms with Gasteiger partial charge in [-0.25, -0.2) is 0 Å². The average Bonchev–Trinajstić information content (AvgIpc) is 2.24. The van der Waals surface area contributed by atoms with E-state index >= 15 is 0 Å². The first-order valence-corrected chi connectivity index (χ1v) is 5.88. The lowest BCUT2D eigenvalue weighted by molar-refractivity contribution is 0.0995. The number of carbonyl (C=O) groups is 1. The molecule has 1 rings (SSSR count). The average molecular weight is 287 g/mol. The molecule has 0 aliphatic rings. The van der Waals surface area contributed by atoms with Crippen molar-refractivity contribution in [1.82, 2.24) is 5.32 Å². The first kappa shape index (κ1) is 13.0. The zero-order valence-electron chi connectivity index (χ0n) is 9.13. The number of benzene rings is 1. The number of nitrogens with two attached hydrogens (primary N) is 1. The highest BCUT2D eigenvalue weighted by Crippen LogP contribution is 2.26. The van der Waals surface area contributed by atoms with Crippen LogP contribution in [0.3, 0.4) is 0 Å². The smallest absolute Gasteiger partial charge is 0.253 e. The predicted octanol–water partition coefficient (Wildman–Crippen LogP) is 1.54. The molecular weight excluding hydrogens is 272 g/mol. The van der Waals surface area contributed by atoms with E-state index in [1.54, 1.807) is 18.2 Å². The Hall–Kier alpha value is -1.07. The van der Waals surface area contributed by atoms with Crippen LogP contribution in [0.15, 0.2) is 22.7 Å². The van der Waals surface area contributed by atoms with E-state index < -0.39 is 5.91 Å². The maximum absolute atomic E-state index is 11.2. The quantitative estimate of drug-likeness (QED) is 0.780. The van der Waals surface area contributed by atoms with Crippen molar-refractivity contribution in [3.63, 3.8) is 0 Å². The monoisotopic (exact) mass is 286 g/mol. The van der Waals surface area contributed by atoms with Gasteiger partial charge in [0.05, 0.1) is 5.56 Å². The number of nitrogens with one attached hydrogen (secondary N) is 1. The fourth-order valence-corrected chi connectivity index (χ4v) is 1.82. The fourth-order valence-electron chi connectivity index (χ4n) is 1.27. The molecule has 3 N–H and O–H groups in total. The summed E-state index contributed by atoms with van der Waals surface area (Å²) in [5, 5.41) is 3.13. The summed E-state index contributed by atoms with van der Waals surface area (Å²) in [7, 11) is 0. The van der Waals surface area contributed by atoms with Gasteiger partial charge < -0.3 is 15.8 Å². The Labute approximate surface area is 103 Å². The van der Waals surface area contributed by atoms with Crippen molar-refractivity contribution in [2.24, 2.45) is 5.73 Å². The highest BCUT2D eigenvalue weighted by Gasteiger charge is 2.12. The van der Waals surface area contributed by atoms with Crippen molar-refractivity contribution in [1.29, 1.82) is 0 Å². The van der Waals surface area contributed by atoms with Crippen molar-refractivity contribution in [2.45, 2.75) is 6.92 Å². The Balaban J connectivity index is 2.71. The van der Waals surface area contributed by atoms with Crippen LogP contribution in [0.2, 0.25) is 0 Å². The van der Waals surface area contributed by atoms with E-state index in [0.29, 0.717) is 22.4 Å². The molecule has 0 fully saturated rings. The molecule has 0 atom stereocenters. The lowest BCUT2D eigenvalue weighted by Gasteiger charge is -2.10. The summed E-state index contributed by atoms with van der Waals surface area (Å²) in [4.78, 5) is 11.2. The molecule has 88 valence electrons. The van der Waals surface area contributed by atoms with Gasteiger partial charge in [-0.05, 0) is 34.6 Å². The van der Waals surface area contributed by atoms with Gasteiger partial charge in [-0.3, -0.25) is 4.79 Å². The molecule has 0 bridgehead atoms. The van der Waals surface area contributed by atoms with Gasteiger partial charge in [-0.1, -0.05) is 13.0 Å². The van der Waals surface area contributed by atoms with Crippen LogP contribution in [-0.2, 0) is 0 Å². The molecule has 1 aromatic rings. The van der Waals surface area contributed by atoms with E-state index in [2.05, 4.69) is 21.2 Å². The van der Waals surface area contributed by atoms with Gasteiger partial charge in [0, 0.05) is 11.0 Å². The first-order valence-electron chi connectivity index (χ1n) is 5.08. The van der Waals surface area contributed by atoms with Gasteiger partial charge in [-0.15, -0.1) is 0 Å². The maximum atomic E-state index is 11.2. The Morgan fingerprint density at radius 3 is 2.94 bits per heavy atom. The molecule has 0 heterocycles. The summed E-state index contributed by atoms with van der Waals surface area (Å²) in [5.41, 5.74) is 5.67. The second-order valence-electron chi connectivity index (χ2n) is 3.18. The summed E-state index contributed by atoms with van der Waals surface area (Å²) >= 11 is 3.27. The standard InChI is InChI=1S/C11H15BrN2O2/c1-2-14-6-7-16-9-5-3-4-8(12)10(9)11(13)15/h3-5,14H,2,6-7H2,1H3,(H2,13,15). The van der Waals surface area contributed by atoms with Gasteiger partial charge in [0.2, 0.25) is 0 Å². The van der Waals surface area contributed by atoms with E-state index in [9.17, 15) is 4.79 Å². The molecule has 1 aromatic carbocycles. The van der Waals surface area contributed by atoms with E-state index in [0.717, 1.165) is 13.1 Å². The molecule has 1 amide bonds. The number of rotatable bonds is 6. The minimum Gasteiger partial charge on any atom is -0.491 e. The normalized spacial score (nSPS) is 10.1. The molecular formula is C11H15BrN2O2. The molecule has 4 nitrogen and oxygen atoms in total. The minimum absolute atomic E-state index is 0.388. The van der Waals surface area contributed by atoms with Gasteiger partial charge in [0.15, 0.2) is 0 Å². The summed E-state index contributed by atoms with van der Waals surface area (Å²) < 4.78 is 6.14. The predicted molar refractivity (Wildman–Crippen MR) is 66.7 cm³/mol. The number of likely N-dealkylation sites (N-methyl/N-ethyl adjacent to an activating group) is 1. The Morgan fingerprint density at radius 2 is 2.31 bits per heavy atom. The SMILES string of the molecule is CCNCCOc1cccc(Br)c1C(N)=O. The third-order valence-corrected chi connectivity index (χ3v) is 2.67. The molecule has 0 unspecified atom stereocenters. The lowest BCUT2D eigenvalue weighted by atomic mass is 10.2. The van der Waals surface area contributed by atoms with Crippen molar-refractivity contribution in [3.05, 3.63) is 28.2 Å². The van der Waals surface area contributed by atoms with E-state index in [1.807, 2.05) is 6.92 Å². The summed E-state index contributed by atoms with van der Waals surface area (Å²) in [5.74, 6) is 0.0192. The van der Waals surface area contributed by atoms with Crippen LogP contribution in [0.1, 0.15) is 17.3 Å². The largest absolute Gasteiger partial charge is 0.491 e. The first-order chi connectivity index (χ1) is 7.66. The van der Waals surface area contributed by atoms with Crippen molar-refractivity contribution < 1.29 is 9.53 Å². The van der Waals surface area contributed by atoms with Gasteiger partial charge in [0.25, 0.3) is 5.91 Å². The third kappa shape index (κ3) is 3.50. The zero-order chi connectivity index (χ0) is 12.0. The molecule has 0 saturated carbocycles. The summed E-state index contributed by atoms with van der Waals surface area (Å²) in [6.07, 6.45) is 0. The molecule has 0 spiro atoms.